The highest BCUT2D eigenvalue weighted by molar-refractivity contribution is 5.72. The van der Waals surface area contributed by atoms with Crippen molar-refractivity contribution in [2.45, 2.75) is 147 Å². The second-order valence-electron chi connectivity index (χ2n) is 18.4. The minimum absolute atomic E-state index is 0.0763. The van der Waals surface area contributed by atoms with Gasteiger partial charge in [0.2, 0.25) is 5.95 Å². The molecule has 296 valence electrons. The summed E-state index contributed by atoms with van der Waals surface area (Å²) in [4.78, 5) is 45.3. The quantitative estimate of drug-likeness (QED) is 0.341. The van der Waals surface area contributed by atoms with Crippen molar-refractivity contribution in [1.29, 1.82) is 0 Å². The normalized spacial score (nSPS) is 26.6. The molecule has 0 unspecified atom stereocenters. The van der Waals surface area contributed by atoms with Gasteiger partial charge in [-0.3, -0.25) is 4.90 Å². The molecule has 5 fully saturated rings. The van der Waals surface area contributed by atoms with Crippen molar-refractivity contribution in [3.8, 4) is 11.5 Å². The zero-order valence-electron chi connectivity index (χ0n) is 33.4. The van der Waals surface area contributed by atoms with Gasteiger partial charge < -0.3 is 38.2 Å². The summed E-state index contributed by atoms with van der Waals surface area (Å²) in [7, 11) is 0. The zero-order valence-corrected chi connectivity index (χ0v) is 33.4. The molecule has 0 aromatic carbocycles. The molecule has 54 heavy (non-hydrogen) atoms. The van der Waals surface area contributed by atoms with Gasteiger partial charge in [0.15, 0.2) is 11.5 Å². The number of ether oxygens (including phenoxy) is 4. The van der Waals surface area contributed by atoms with E-state index in [0.29, 0.717) is 69.9 Å². The molecule has 0 N–H and O–H groups in total. The lowest BCUT2D eigenvalue weighted by Gasteiger charge is -2.50. The van der Waals surface area contributed by atoms with Gasteiger partial charge in [-0.05, 0) is 99.8 Å². The smallest absolute Gasteiger partial charge is 0.410 e. The van der Waals surface area contributed by atoms with E-state index >= 15 is 0 Å². The summed E-state index contributed by atoms with van der Waals surface area (Å²) in [5.74, 6) is 1.40. The third-order valence-corrected chi connectivity index (χ3v) is 12.2. The van der Waals surface area contributed by atoms with Gasteiger partial charge in [0.05, 0.1) is 29.9 Å². The van der Waals surface area contributed by atoms with Crippen LogP contribution in [0.3, 0.4) is 0 Å². The van der Waals surface area contributed by atoms with Gasteiger partial charge in [0.25, 0.3) is 0 Å². The van der Waals surface area contributed by atoms with Gasteiger partial charge in [-0.2, -0.15) is 4.98 Å². The number of piperazine rings is 1. The second kappa shape index (κ2) is 13.5. The average molecular weight is 750 g/mol. The van der Waals surface area contributed by atoms with E-state index in [1.165, 1.54) is 0 Å². The molecule has 2 aromatic rings. The fourth-order valence-electron chi connectivity index (χ4n) is 9.63. The maximum Gasteiger partial charge on any atom is 0.410 e. The fourth-order valence-corrected chi connectivity index (χ4v) is 9.63. The summed E-state index contributed by atoms with van der Waals surface area (Å²) in [5.41, 5.74) is 0.968. The summed E-state index contributed by atoms with van der Waals surface area (Å²) in [6, 6.07) is 1.96. The Kier molecular flexibility index (Phi) is 9.34. The van der Waals surface area contributed by atoms with Crippen LogP contribution in [0, 0.1) is 0 Å². The first-order valence-electron chi connectivity index (χ1n) is 20.3. The SMILES string of the molecule is C[C@H]1CN(C(=O)OC(C)(C)C)CCCN1c1nc(-c2onc3c2CCC[C@@]32CCCCC23OCCO3)cc(N2CCN(C(=O)OC(C)(C)C)C3(CC3)C2)n1. The number of anilines is 2. The van der Waals surface area contributed by atoms with Crippen LogP contribution < -0.4 is 9.80 Å². The first kappa shape index (κ1) is 37.3. The lowest BCUT2D eigenvalue weighted by atomic mass is 9.61. The van der Waals surface area contributed by atoms with Crippen molar-refractivity contribution < 1.29 is 33.1 Å². The maximum absolute atomic E-state index is 13.3. The Bertz CT molecular complexity index is 1740. The fraction of sp³-hybridized carbons (Fsp3) is 0.775. The zero-order chi connectivity index (χ0) is 38.1. The molecule has 0 radical (unpaired) electrons. The highest BCUT2D eigenvalue weighted by Crippen LogP contribution is 2.57. The van der Waals surface area contributed by atoms with E-state index in [9.17, 15) is 9.59 Å². The van der Waals surface area contributed by atoms with Crippen LogP contribution in [-0.4, -0.2) is 118 Å². The molecule has 5 heterocycles. The largest absolute Gasteiger partial charge is 0.444 e. The van der Waals surface area contributed by atoms with Gasteiger partial charge >= 0.3 is 12.2 Å². The third kappa shape index (κ3) is 6.79. The lowest BCUT2D eigenvalue weighted by molar-refractivity contribution is -0.231. The van der Waals surface area contributed by atoms with Crippen LogP contribution in [0.15, 0.2) is 10.6 Å². The predicted molar refractivity (Wildman–Crippen MR) is 202 cm³/mol. The molecule has 2 amide bonds. The van der Waals surface area contributed by atoms with Crippen LogP contribution in [0.2, 0.25) is 0 Å². The van der Waals surface area contributed by atoms with Crippen LogP contribution in [-0.2, 0) is 30.8 Å². The van der Waals surface area contributed by atoms with Crippen molar-refractivity contribution in [1.82, 2.24) is 24.9 Å². The van der Waals surface area contributed by atoms with Crippen LogP contribution in [0.4, 0.5) is 21.4 Å². The van der Waals surface area contributed by atoms with E-state index in [4.69, 9.17) is 38.6 Å². The number of hydrogen-bond acceptors (Lipinski definition) is 12. The molecule has 3 aliphatic heterocycles. The minimum Gasteiger partial charge on any atom is -0.444 e. The average Bonchev–Trinajstić information content (AvgIpc) is 3.52. The highest BCUT2D eigenvalue weighted by Gasteiger charge is 2.61. The molecule has 6 aliphatic rings. The minimum atomic E-state index is -0.662. The lowest BCUT2D eigenvalue weighted by Crippen LogP contribution is -2.58. The summed E-state index contributed by atoms with van der Waals surface area (Å²) < 4.78 is 30.9. The molecule has 14 heteroatoms. The second-order valence-corrected chi connectivity index (χ2v) is 18.4. The van der Waals surface area contributed by atoms with E-state index in [-0.39, 0.29) is 29.2 Å². The molecule has 3 spiro atoms. The number of carbonyl (C=O) groups excluding carboxylic acids is 2. The summed E-state index contributed by atoms with van der Waals surface area (Å²) in [6.45, 7) is 18.3. The Balaban J connectivity index is 1.15. The van der Waals surface area contributed by atoms with Crippen molar-refractivity contribution in [3.05, 3.63) is 17.3 Å². The molecule has 0 bridgehead atoms. The molecule has 3 aliphatic carbocycles. The summed E-state index contributed by atoms with van der Waals surface area (Å²) in [5, 5.41) is 4.85. The molecule has 2 aromatic heterocycles. The molecule has 14 nitrogen and oxygen atoms in total. The molecular formula is C40H59N7O7. The maximum atomic E-state index is 13.3. The van der Waals surface area contributed by atoms with Crippen molar-refractivity contribution >= 4 is 24.0 Å². The first-order valence-corrected chi connectivity index (χ1v) is 20.3. The Hall–Kier alpha value is -3.65. The Morgan fingerprint density at radius 3 is 2.26 bits per heavy atom. The van der Waals surface area contributed by atoms with E-state index in [1.807, 2.05) is 52.5 Å². The number of fused-ring (bicyclic) bond motifs is 3. The van der Waals surface area contributed by atoms with Gasteiger partial charge in [0.1, 0.15) is 22.7 Å². The van der Waals surface area contributed by atoms with Crippen LogP contribution in [0.25, 0.3) is 11.5 Å². The van der Waals surface area contributed by atoms with Gasteiger partial charge in [-0.25, -0.2) is 14.6 Å². The van der Waals surface area contributed by atoms with Crippen molar-refractivity contribution in [3.63, 3.8) is 0 Å². The van der Waals surface area contributed by atoms with E-state index in [2.05, 4.69) is 16.7 Å². The van der Waals surface area contributed by atoms with Crippen molar-refractivity contribution in [2.75, 3.05) is 62.3 Å². The summed E-state index contributed by atoms with van der Waals surface area (Å²) >= 11 is 0. The molecule has 2 saturated carbocycles. The molecular weight excluding hydrogens is 690 g/mol. The first-order chi connectivity index (χ1) is 25.6. The Morgan fingerprint density at radius 1 is 0.833 bits per heavy atom. The Morgan fingerprint density at radius 2 is 1.54 bits per heavy atom. The topological polar surface area (TPSA) is 136 Å². The van der Waals surface area contributed by atoms with Gasteiger partial charge in [-0.1, -0.05) is 11.6 Å². The standard InChI is InChI=1S/C40H59N7O7/c1-27-25-44(34(48)52-36(2,3)4)18-11-19-46(27)33-41-29(24-30(42-33)45-20-21-47(38(26-45)16-17-38)35(49)53-37(5,6)7)31-28-12-10-14-39(32(28)43-54-31)13-8-9-15-40(39)50-22-23-51-40/h24,27H,8-23,25-26H2,1-7H3/t27-,39-/m0/s1. The van der Waals surface area contributed by atoms with E-state index < -0.39 is 17.0 Å². The van der Waals surface area contributed by atoms with Crippen LogP contribution in [0.5, 0.6) is 0 Å². The van der Waals surface area contributed by atoms with Crippen LogP contribution in [0.1, 0.15) is 118 Å². The highest BCUT2D eigenvalue weighted by atomic mass is 16.7. The van der Waals surface area contributed by atoms with Crippen LogP contribution >= 0.6 is 0 Å². The predicted octanol–water partition coefficient (Wildman–Crippen LogP) is 6.45. The third-order valence-electron chi connectivity index (χ3n) is 12.2. The monoisotopic (exact) mass is 749 g/mol. The molecule has 8 rings (SSSR count). The number of nitrogens with zero attached hydrogens (tertiary/aromatic N) is 7. The van der Waals surface area contributed by atoms with Gasteiger partial charge in [0, 0.05) is 63.4 Å². The number of hydrogen-bond donors (Lipinski definition) is 0. The number of amides is 2. The Labute approximate surface area is 319 Å². The van der Waals surface area contributed by atoms with Gasteiger partial charge in [-0.15, -0.1) is 0 Å². The number of aromatic nitrogens is 3. The number of rotatable bonds is 3. The molecule has 2 atom stereocenters. The number of carbonyl (C=O) groups is 2. The summed E-state index contributed by atoms with van der Waals surface area (Å²) in [6.07, 6.45) is 8.78. The van der Waals surface area contributed by atoms with E-state index in [0.717, 1.165) is 81.3 Å². The van der Waals surface area contributed by atoms with E-state index in [1.54, 1.807) is 4.90 Å². The molecule has 3 saturated heterocycles. The van der Waals surface area contributed by atoms with Crippen molar-refractivity contribution in [2.24, 2.45) is 0 Å².